The van der Waals surface area contributed by atoms with E-state index < -0.39 is 22.9 Å². The van der Waals surface area contributed by atoms with Gasteiger partial charge in [-0.3, -0.25) is 14.4 Å². The Labute approximate surface area is 280 Å². The molecule has 1 aromatic heterocycles. The third kappa shape index (κ3) is 7.86. The number of nitrogens with one attached hydrogen (secondary N) is 3. The molecule has 3 N–H and O–H groups in total. The van der Waals surface area contributed by atoms with Crippen molar-refractivity contribution in [2.75, 3.05) is 10.6 Å². The molecule has 0 aliphatic carbocycles. The van der Waals surface area contributed by atoms with Gasteiger partial charge in [-0.05, 0) is 85.8 Å². The van der Waals surface area contributed by atoms with Gasteiger partial charge in [0, 0.05) is 33.0 Å². The Bertz CT molecular complexity index is 2100. The van der Waals surface area contributed by atoms with E-state index in [2.05, 4.69) is 20.9 Å². The molecule has 238 valence electrons. The number of para-hydroxylation sites is 2. The van der Waals surface area contributed by atoms with E-state index in [-0.39, 0.29) is 17.2 Å². The number of carbonyl (C=O) groups excluding carboxylic acids is 3. The van der Waals surface area contributed by atoms with Crippen LogP contribution in [0.15, 0.2) is 142 Å². The van der Waals surface area contributed by atoms with Crippen LogP contribution in [0.25, 0.3) is 28.6 Å². The summed E-state index contributed by atoms with van der Waals surface area (Å²) in [4.78, 5) is 44.6. The minimum atomic E-state index is -0.642. The molecule has 6 aromatic rings. The zero-order valence-electron chi connectivity index (χ0n) is 25.6. The highest BCUT2D eigenvalue weighted by Crippen LogP contribution is 2.28. The molecule has 0 saturated carbocycles. The first kappa shape index (κ1) is 32.0. The molecule has 0 spiro atoms. The highest BCUT2D eigenvalue weighted by atomic mass is 32.2. The van der Waals surface area contributed by atoms with Gasteiger partial charge in [0.15, 0.2) is 5.58 Å². The molecule has 0 saturated heterocycles. The van der Waals surface area contributed by atoms with Crippen LogP contribution in [0.1, 0.15) is 22.8 Å². The van der Waals surface area contributed by atoms with Crippen molar-refractivity contribution in [1.29, 1.82) is 0 Å². The van der Waals surface area contributed by atoms with Gasteiger partial charge in [0.25, 0.3) is 11.8 Å². The first-order valence-corrected chi connectivity index (χ1v) is 15.9. The second-order valence-electron chi connectivity index (χ2n) is 10.7. The van der Waals surface area contributed by atoms with Gasteiger partial charge < -0.3 is 20.4 Å². The molecule has 0 aliphatic heterocycles. The number of hydrogen-bond acceptors (Lipinski definition) is 6. The summed E-state index contributed by atoms with van der Waals surface area (Å²) >= 11 is 1.31. The summed E-state index contributed by atoms with van der Waals surface area (Å²) in [6.45, 7) is 1.78. The molecule has 1 unspecified atom stereocenters. The number of carbonyl (C=O) groups is 3. The smallest absolute Gasteiger partial charge is 0.272 e. The Balaban J connectivity index is 1.10. The lowest BCUT2D eigenvalue weighted by Crippen LogP contribution is -2.30. The lowest BCUT2D eigenvalue weighted by atomic mass is 10.1. The lowest BCUT2D eigenvalue weighted by molar-refractivity contribution is -0.115. The number of fused-ring (bicyclic) bond motifs is 1. The van der Waals surface area contributed by atoms with Crippen LogP contribution >= 0.6 is 11.8 Å². The second-order valence-corrected chi connectivity index (χ2v) is 12.1. The summed E-state index contributed by atoms with van der Waals surface area (Å²) in [5.74, 6) is -1.40. The van der Waals surface area contributed by atoms with Gasteiger partial charge in [0.2, 0.25) is 11.8 Å². The van der Waals surface area contributed by atoms with Crippen molar-refractivity contribution in [3.05, 3.63) is 150 Å². The number of hydrogen-bond donors (Lipinski definition) is 3. The number of rotatable bonds is 10. The summed E-state index contributed by atoms with van der Waals surface area (Å²) in [5.41, 5.74) is 3.66. The Morgan fingerprint density at radius 2 is 1.52 bits per heavy atom. The van der Waals surface area contributed by atoms with E-state index in [4.69, 9.17) is 4.42 Å². The van der Waals surface area contributed by atoms with Crippen molar-refractivity contribution < 1.29 is 23.2 Å². The van der Waals surface area contributed by atoms with Crippen LogP contribution < -0.4 is 16.0 Å². The average Bonchev–Trinajstić information content (AvgIpc) is 3.54. The average molecular weight is 657 g/mol. The lowest BCUT2D eigenvalue weighted by Gasteiger charge is -2.14. The van der Waals surface area contributed by atoms with Gasteiger partial charge >= 0.3 is 0 Å². The maximum absolute atomic E-state index is 14.5. The van der Waals surface area contributed by atoms with Crippen LogP contribution in [-0.2, 0) is 9.59 Å². The normalized spacial score (nSPS) is 11.9. The van der Waals surface area contributed by atoms with Crippen LogP contribution in [0.4, 0.5) is 15.8 Å². The van der Waals surface area contributed by atoms with Crippen LogP contribution in [0.5, 0.6) is 0 Å². The molecule has 5 aromatic carbocycles. The molecule has 1 atom stereocenters. The van der Waals surface area contributed by atoms with Gasteiger partial charge in [0.05, 0.1) is 5.25 Å². The Kier molecular flexibility index (Phi) is 9.73. The topological polar surface area (TPSA) is 113 Å². The Morgan fingerprint density at radius 1 is 0.792 bits per heavy atom. The van der Waals surface area contributed by atoms with Crippen molar-refractivity contribution in [1.82, 2.24) is 10.3 Å². The Hall–Kier alpha value is -6.00. The van der Waals surface area contributed by atoms with Crippen molar-refractivity contribution in [3.63, 3.8) is 0 Å². The largest absolute Gasteiger partial charge is 0.436 e. The highest BCUT2D eigenvalue weighted by molar-refractivity contribution is 8.00. The standard InChI is InChI=1S/C38H29FN4O4S/c1-24(35(44)40-28-20-18-26(19-21-28)38-43-32-16-7-8-17-34(32)47-38)48-30-14-9-13-29(23-30)41-37(46)33(22-27-12-5-6-15-31(27)39)42-36(45)25-10-3-2-4-11-25/h2-24H,1H3,(H,40,44)(H,41,46)(H,42,45)/b33-22-. The summed E-state index contributed by atoms with van der Waals surface area (Å²) < 4.78 is 20.3. The predicted molar refractivity (Wildman–Crippen MR) is 187 cm³/mol. The van der Waals surface area contributed by atoms with E-state index in [0.717, 1.165) is 16.0 Å². The van der Waals surface area contributed by atoms with E-state index in [1.165, 1.54) is 36.0 Å². The number of amides is 3. The van der Waals surface area contributed by atoms with Crippen LogP contribution in [0.3, 0.4) is 0 Å². The fourth-order valence-electron chi connectivity index (χ4n) is 4.73. The fourth-order valence-corrected chi connectivity index (χ4v) is 5.66. The molecular formula is C38H29FN4O4S. The fraction of sp³-hybridized carbons (Fsp3) is 0.0526. The molecule has 10 heteroatoms. The van der Waals surface area contributed by atoms with Crippen molar-refractivity contribution in [3.8, 4) is 11.5 Å². The van der Waals surface area contributed by atoms with Crippen molar-refractivity contribution in [2.24, 2.45) is 0 Å². The predicted octanol–water partition coefficient (Wildman–Crippen LogP) is 8.16. The van der Waals surface area contributed by atoms with E-state index in [1.54, 1.807) is 73.7 Å². The molecule has 0 bridgehead atoms. The monoisotopic (exact) mass is 656 g/mol. The van der Waals surface area contributed by atoms with Crippen LogP contribution in [0, 0.1) is 5.82 Å². The third-order valence-corrected chi connectivity index (χ3v) is 8.29. The van der Waals surface area contributed by atoms with Gasteiger partial charge in [-0.25, -0.2) is 9.37 Å². The quantitative estimate of drug-likeness (QED) is 0.101. The molecule has 1 heterocycles. The molecule has 0 aliphatic rings. The molecule has 8 nitrogen and oxygen atoms in total. The highest BCUT2D eigenvalue weighted by Gasteiger charge is 2.18. The minimum absolute atomic E-state index is 0.137. The van der Waals surface area contributed by atoms with Crippen molar-refractivity contribution in [2.45, 2.75) is 17.1 Å². The number of anilines is 2. The molecule has 0 radical (unpaired) electrons. The summed E-state index contributed by atoms with van der Waals surface area (Å²) in [5, 5.41) is 7.84. The maximum atomic E-state index is 14.5. The van der Waals surface area contributed by atoms with E-state index in [1.807, 2.05) is 42.5 Å². The summed E-state index contributed by atoms with van der Waals surface area (Å²) in [7, 11) is 0. The van der Waals surface area contributed by atoms with E-state index >= 15 is 0 Å². The van der Waals surface area contributed by atoms with Crippen LogP contribution in [-0.4, -0.2) is 28.0 Å². The van der Waals surface area contributed by atoms with Gasteiger partial charge in [-0.2, -0.15) is 0 Å². The van der Waals surface area contributed by atoms with Crippen LogP contribution in [0.2, 0.25) is 0 Å². The van der Waals surface area contributed by atoms with Gasteiger partial charge in [-0.15, -0.1) is 11.8 Å². The number of aromatic nitrogens is 1. The summed E-state index contributed by atoms with van der Waals surface area (Å²) in [6, 6.07) is 36.1. The molecule has 0 fully saturated rings. The number of oxazole rings is 1. The number of thioether (sulfide) groups is 1. The first-order chi connectivity index (χ1) is 23.3. The third-order valence-electron chi connectivity index (χ3n) is 7.20. The number of halogens is 1. The Morgan fingerprint density at radius 3 is 2.29 bits per heavy atom. The minimum Gasteiger partial charge on any atom is -0.436 e. The van der Waals surface area contributed by atoms with Crippen molar-refractivity contribution >= 4 is 58.0 Å². The zero-order valence-corrected chi connectivity index (χ0v) is 26.5. The molecule has 6 rings (SSSR count). The van der Waals surface area contributed by atoms with E-state index in [9.17, 15) is 18.8 Å². The zero-order chi connectivity index (χ0) is 33.5. The summed E-state index contributed by atoms with van der Waals surface area (Å²) in [6.07, 6.45) is 1.29. The molecule has 48 heavy (non-hydrogen) atoms. The molecular weight excluding hydrogens is 628 g/mol. The van der Waals surface area contributed by atoms with Gasteiger partial charge in [0.1, 0.15) is 17.0 Å². The second kappa shape index (κ2) is 14.6. The van der Waals surface area contributed by atoms with E-state index in [0.29, 0.717) is 28.4 Å². The molecule has 3 amide bonds. The van der Waals surface area contributed by atoms with Gasteiger partial charge in [-0.1, -0.05) is 54.6 Å². The number of nitrogens with zero attached hydrogens (tertiary/aromatic N) is 1. The first-order valence-electron chi connectivity index (χ1n) is 15.0. The number of benzene rings is 5. The SMILES string of the molecule is CC(Sc1cccc(NC(=O)/C(=C/c2ccccc2F)NC(=O)c2ccccc2)c1)C(=O)Nc1ccc(-c2nc3ccccc3o2)cc1. The maximum Gasteiger partial charge on any atom is 0.272 e.